The molecule has 7 heteroatoms. The van der Waals surface area contributed by atoms with E-state index in [1.165, 1.54) is 15.5 Å². The van der Waals surface area contributed by atoms with E-state index < -0.39 is 10.2 Å². The lowest BCUT2D eigenvalue weighted by atomic mass is 10.2. The zero-order chi connectivity index (χ0) is 14.3. The van der Waals surface area contributed by atoms with E-state index in [-0.39, 0.29) is 18.5 Å². The lowest BCUT2D eigenvalue weighted by Crippen LogP contribution is -2.42. The Morgan fingerprint density at radius 3 is 2.55 bits per heavy atom. The largest absolute Gasteiger partial charge is 0.355 e. The van der Waals surface area contributed by atoms with Gasteiger partial charge < -0.3 is 5.32 Å². The summed E-state index contributed by atoms with van der Waals surface area (Å²) in [6.45, 7) is 1.98. The lowest BCUT2D eigenvalue weighted by molar-refractivity contribution is -0.118. The smallest absolute Gasteiger partial charge is 0.326 e. The number of hydrogen-bond acceptors (Lipinski definition) is 3. The van der Waals surface area contributed by atoms with Crippen LogP contribution in [0.3, 0.4) is 0 Å². The summed E-state index contributed by atoms with van der Waals surface area (Å²) in [4.78, 5) is 10.9. The van der Waals surface area contributed by atoms with E-state index >= 15 is 0 Å². The molecule has 20 heavy (non-hydrogen) atoms. The molecule has 2 aliphatic rings. The highest BCUT2D eigenvalue weighted by Gasteiger charge is 2.47. The SMILES string of the molecule is CC(=O)NCCN1c2ccccc2N(C2CC2)S1(=O)=O. The fourth-order valence-electron chi connectivity index (χ4n) is 2.48. The van der Waals surface area contributed by atoms with Gasteiger partial charge in [-0.15, -0.1) is 0 Å². The van der Waals surface area contributed by atoms with Crippen molar-refractivity contribution >= 4 is 27.5 Å². The van der Waals surface area contributed by atoms with Gasteiger partial charge in [0, 0.05) is 19.5 Å². The number of rotatable bonds is 4. The zero-order valence-corrected chi connectivity index (χ0v) is 12.1. The first-order chi connectivity index (χ1) is 9.51. The third-order valence-corrected chi connectivity index (χ3v) is 5.41. The summed E-state index contributed by atoms with van der Waals surface area (Å²) in [6, 6.07) is 7.41. The summed E-state index contributed by atoms with van der Waals surface area (Å²) in [5, 5.41) is 2.64. The first-order valence-electron chi connectivity index (χ1n) is 6.67. The fourth-order valence-corrected chi connectivity index (χ4v) is 4.41. The maximum absolute atomic E-state index is 12.6. The number of nitrogens with zero attached hydrogens (tertiary/aromatic N) is 2. The third kappa shape index (κ3) is 2.11. The van der Waals surface area contributed by atoms with Crippen molar-refractivity contribution in [3.05, 3.63) is 24.3 Å². The van der Waals surface area contributed by atoms with Crippen LogP contribution in [0.2, 0.25) is 0 Å². The molecule has 3 rings (SSSR count). The van der Waals surface area contributed by atoms with E-state index in [1.807, 2.05) is 24.3 Å². The molecule has 1 aromatic rings. The Balaban J connectivity index is 1.91. The first kappa shape index (κ1) is 13.2. The number of nitrogens with one attached hydrogen (secondary N) is 1. The minimum atomic E-state index is -3.51. The molecular formula is C13H17N3O3S. The Kier molecular flexibility index (Phi) is 3.08. The van der Waals surface area contributed by atoms with E-state index in [0.29, 0.717) is 12.2 Å². The Morgan fingerprint density at radius 2 is 1.95 bits per heavy atom. The van der Waals surface area contributed by atoms with Gasteiger partial charge in [-0.1, -0.05) is 12.1 Å². The average molecular weight is 295 g/mol. The minimum absolute atomic E-state index is 0.0897. The number of fused-ring (bicyclic) bond motifs is 1. The van der Waals surface area contributed by atoms with Crippen LogP contribution in [-0.4, -0.2) is 33.5 Å². The normalized spacial score (nSPS) is 19.9. The van der Waals surface area contributed by atoms with Gasteiger partial charge >= 0.3 is 10.2 Å². The molecule has 1 aromatic carbocycles. The van der Waals surface area contributed by atoms with Crippen molar-refractivity contribution in [3.8, 4) is 0 Å². The zero-order valence-electron chi connectivity index (χ0n) is 11.2. The second-order valence-corrected chi connectivity index (χ2v) is 6.81. The summed E-state index contributed by atoms with van der Waals surface area (Å²) in [6.07, 6.45) is 1.82. The van der Waals surface area contributed by atoms with Crippen molar-refractivity contribution in [2.45, 2.75) is 25.8 Å². The van der Waals surface area contributed by atoms with Gasteiger partial charge in [0.05, 0.1) is 17.9 Å². The summed E-state index contributed by atoms with van der Waals surface area (Å²) in [5.41, 5.74) is 1.45. The molecule has 6 nitrogen and oxygen atoms in total. The van der Waals surface area contributed by atoms with Gasteiger partial charge in [0.25, 0.3) is 0 Å². The molecule has 0 saturated heterocycles. The Hall–Kier alpha value is -1.76. The van der Waals surface area contributed by atoms with Crippen molar-refractivity contribution in [3.63, 3.8) is 0 Å². The second kappa shape index (κ2) is 4.66. The van der Waals surface area contributed by atoms with Crippen LogP contribution in [0.5, 0.6) is 0 Å². The molecule has 1 fully saturated rings. The fraction of sp³-hybridized carbons (Fsp3) is 0.462. The highest BCUT2D eigenvalue weighted by molar-refractivity contribution is 7.94. The van der Waals surface area contributed by atoms with Crippen molar-refractivity contribution in [1.29, 1.82) is 0 Å². The number of para-hydroxylation sites is 2. The van der Waals surface area contributed by atoms with Gasteiger partial charge in [0.1, 0.15) is 0 Å². The van der Waals surface area contributed by atoms with Gasteiger partial charge in [-0.05, 0) is 25.0 Å². The molecular weight excluding hydrogens is 278 g/mol. The monoisotopic (exact) mass is 295 g/mol. The maximum Gasteiger partial charge on any atom is 0.326 e. The predicted molar refractivity (Wildman–Crippen MR) is 76.9 cm³/mol. The van der Waals surface area contributed by atoms with Crippen LogP contribution in [0.15, 0.2) is 24.3 Å². The van der Waals surface area contributed by atoms with Gasteiger partial charge in [-0.3, -0.25) is 4.79 Å². The highest BCUT2D eigenvalue weighted by Crippen LogP contribution is 2.46. The van der Waals surface area contributed by atoms with Gasteiger partial charge in [-0.25, -0.2) is 8.61 Å². The molecule has 1 N–H and O–H groups in total. The van der Waals surface area contributed by atoms with Gasteiger partial charge in [0.15, 0.2) is 0 Å². The molecule has 108 valence electrons. The van der Waals surface area contributed by atoms with Crippen LogP contribution >= 0.6 is 0 Å². The van der Waals surface area contributed by atoms with E-state index in [0.717, 1.165) is 18.5 Å². The highest BCUT2D eigenvalue weighted by atomic mass is 32.2. The number of hydrogen-bond donors (Lipinski definition) is 1. The predicted octanol–water partition coefficient (Wildman–Crippen LogP) is 0.856. The molecule has 0 spiro atoms. The molecule has 0 bridgehead atoms. The van der Waals surface area contributed by atoms with Crippen LogP contribution < -0.4 is 13.9 Å². The molecule has 0 atom stereocenters. The Bertz CT molecular complexity index is 640. The molecule has 0 radical (unpaired) electrons. The summed E-state index contributed by atoms with van der Waals surface area (Å²) >= 11 is 0. The average Bonchev–Trinajstić information content (AvgIpc) is 3.16. The molecule has 1 heterocycles. The molecule has 1 amide bonds. The van der Waals surface area contributed by atoms with E-state index in [2.05, 4.69) is 5.32 Å². The van der Waals surface area contributed by atoms with Crippen LogP contribution in [0.4, 0.5) is 11.4 Å². The number of carbonyl (C=O) groups is 1. The molecule has 0 unspecified atom stereocenters. The molecule has 1 saturated carbocycles. The van der Waals surface area contributed by atoms with E-state index in [4.69, 9.17) is 0 Å². The second-order valence-electron chi connectivity index (χ2n) is 5.08. The van der Waals surface area contributed by atoms with Crippen molar-refractivity contribution in [2.75, 3.05) is 21.7 Å². The van der Waals surface area contributed by atoms with E-state index in [9.17, 15) is 13.2 Å². The van der Waals surface area contributed by atoms with Crippen LogP contribution in [0.25, 0.3) is 0 Å². The Morgan fingerprint density at radius 1 is 1.30 bits per heavy atom. The summed E-state index contributed by atoms with van der Waals surface area (Å²) in [5.74, 6) is -0.158. The maximum atomic E-state index is 12.6. The quantitative estimate of drug-likeness (QED) is 0.895. The number of anilines is 2. The topological polar surface area (TPSA) is 69.7 Å². The van der Waals surface area contributed by atoms with Crippen LogP contribution in [-0.2, 0) is 15.0 Å². The van der Waals surface area contributed by atoms with Crippen molar-refractivity contribution in [1.82, 2.24) is 5.32 Å². The van der Waals surface area contributed by atoms with Crippen molar-refractivity contribution < 1.29 is 13.2 Å². The van der Waals surface area contributed by atoms with Gasteiger partial charge in [-0.2, -0.15) is 8.42 Å². The molecule has 1 aliphatic carbocycles. The standard InChI is InChI=1S/C13H17N3O3S/c1-10(17)14-8-9-15-12-4-2-3-5-13(12)16(11-6-7-11)20(15,18)19/h2-5,11H,6-9H2,1H3,(H,14,17). The lowest BCUT2D eigenvalue weighted by Gasteiger charge is -2.21. The van der Waals surface area contributed by atoms with Gasteiger partial charge in [0.2, 0.25) is 5.91 Å². The number of amides is 1. The Labute approximate surface area is 118 Å². The van der Waals surface area contributed by atoms with Crippen molar-refractivity contribution in [2.24, 2.45) is 0 Å². The van der Waals surface area contributed by atoms with E-state index in [1.54, 1.807) is 0 Å². The molecule has 1 aliphatic heterocycles. The van der Waals surface area contributed by atoms with Crippen LogP contribution in [0.1, 0.15) is 19.8 Å². The number of benzene rings is 1. The number of carbonyl (C=O) groups excluding carboxylic acids is 1. The third-order valence-electron chi connectivity index (χ3n) is 3.48. The van der Waals surface area contributed by atoms with Crippen LogP contribution in [0, 0.1) is 0 Å². The summed E-state index contributed by atoms with van der Waals surface area (Å²) in [7, 11) is -3.51. The first-order valence-corrected chi connectivity index (χ1v) is 8.07. The summed E-state index contributed by atoms with van der Waals surface area (Å²) < 4.78 is 28.2. The molecule has 0 aromatic heterocycles. The minimum Gasteiger partial charge on any atom is -0.355 e.